The summed E-state index contributed by atoms with van der Waals surface area (Å²) in [5, 5.41) is 2.63. The smallest absolute Gasteiger partial charge is 0.362 e. The zero-order valence-corrected chi connectivity index (χ0v) is 11.2. The van der Waals surface area contributed by atoms with Crippen LogP contribution in [0.2, 0.25) is 0 Å². The van der Waals surface area contributed by atoms with Gasteiger partial charge in [0.15, 0.2) is 0 Å². The Morgan fingerprint density at radius 1 is 1.10 bits per heavy atom. The van der Waals surface area contributed by atoms with E-state index in [0.717, 1.165) is 5.69 Å². The van der Waals surface area contributed by atoms with Crippen LogP contribution in [0.15, 0.2) is 42.5 Å². The van der Waals surface area contributed by atoms with Gasteiger partial charge < -0.3 is 10.1 Å². The van der Waals surface area contributed by atoms with Gasteiger partial charge in [-0.3, -0.25) is 4.79 Å². The number of nitrogens with zero attached hydrogens (tertiary/aromatic N) is 1. The van der Waals surface area contributed by atoms with Gasteiger partial charge >= 0.3 is 5.97 Å². The fourth-order valence-corrected chi connectivity index (χ4v) is 1.63. The van der Waals surface area contributed by atoms with Gasteiger partial charge in [0.1, 0.15) is 11.4 Å². The highest BCUT2D eigenvalue weighted by Crippen LogP contribution is 2.16. The molecule has 1 aromatic heterocycles. The van der Waals surface area contributed by atoms with Crippen LogP contribution in [0.1, 0.15) is 23.1 Å². The summed E-state index contributed by atoms with van der Waals surface area (Å²) in [7, 11) is 0. The van der Waals surface area contributed by atoms with E-state index in [4.69, 9.17) is 4.74 Å². The molecule has 0 saturated carbocycles. The molecule has 0 spiro atoms. The lowest BCUT2D eigenvalue weighted by Gasteiger charge is -2.06. The first-order valence-corrected chi connectivity index (χ1v) is 6.08. The van der Waals surface area contributed by atoms with E-state index in [1.807, 2.05) is 0 Å². The van der Waals surface area contributed by atoms with Crippen molar-refractivity contribution < 1.29 is 14.3 Å². The van der Waals surface area contributed by atoms with Crippen molar-refractivity contribution in [2.24, 2.45) is 0 Å². The number of carbonyl (C=O) groups is 2. The molecule has 0 aliphatic rings. The maximum Gasteiger partial charge on any atom is 0.362 e. The van der Waals surface area contributed by atoms with Crippen LogP contribution >= 0.6 is 0 Å². The lowest BCUT2D eigenvalue weighted by Crippen LogP contribution is -2.11. The summed E-state index contributed by atoms with van der Waals surface area (Å²) in [6.45, 7) is 3.23. The summed E-state index contributed by atoms with van der Waals surface area (Å²) >= 11 is 0. The van der Waals surface area contributed by atoms with Crippen LogP contribution in [-0.4, -0.2) is 16.9 Å². The molecule has 20 heavy (non-hydrogen) atoms. The van der Waals surface area contributed by atoms with Crippen LogP contribution < -0.4 is 10.1 Å². The number of esters is 1. The van der Waals surface area contributed by atoms with Gasteiger partial charge in [-0.15, -0.1) is 0 Å². The molecule has 0 bridgehead atoms. The van der Waals surface area contributed by atoms with Gasteiger partial charge in [-0.25, -0.2) is 9.78 Å². The zero-order valence-electron chi connectivity index (χ0n) is 11.2. The normalized spacial score (nSPS) is 9.90. The molecule has 5 heteroatoms. The molecule has 1 N–H and O–H groups in total. The van der Waals surface area contributed by atoms with Gasteiger partial charge in [-0.05, 0) is 43.3 Å². The number of amides is 1. The molecule has 1 aromatic carbocycles. The fourth-order valence-electron chi connectivity index (χ4n) is 1.63. The molecular weight excluding hydrogens is 256 g/mol. The van der Waals surface area contributed by atoms with Crippen LogP contribution in [0, 0.1) is 6.92 Å². The average Bonchev–Trinajstić information content (AvgIpc) is 2.40. The van der Waals surface area contributed by atoms with Gasteiger partial charge in [0.2, 0.25) is 5.91 Å². The molecule has 0 unspecified atom stereocenters. The number of benzene rings is 1. The Hall–Kier alpha value is -2.69. The Balaban J connectivity index is 2.06. The third kappa shape index (κ3) is 3.65. The third-order valence-corrected chi connectivity index (χ3v) is 2.48. The maximum atomic E-state index is 11.9. The number of nitrogens with one attached hydrogen (secondary N) is 1. The topological polar surface area (TPSA) is 68.3 Å². The first kappa shape index (κ1) is 13.7. The molecule has 0 fully saturated rings. The number of hydrogen-bond donors (Lipinski definition) is 1. The molecule has 2 aromatic rings. The van der Waals surface area contributed by atoms with Crippen molar-refractivity contribution in [1.29, 1.82) is 0 Å². The van der Waals surface area contributed by atoms with Crippen molar-refractivity contribution in [2.45, 2.75) is 13.8 Å². The molecule has 2 rings (SSSR count). The van der Waals surface area contributed by atoms with Gasteiger partial charge in [0.25, 0.3) is 0 Å². The Kier molecular flexibility index (Phi) is 4.10. The highest BCUT2D eigenvalue weighted by atomic mass is 16.5. The molecule has 0 aliphatic carbocycles. The van der Waals surface area contributed by atoms with E-state index in [2.05, 4.69) is 10.3 Å². The lowest BCUT2D eigenvalue weighted by molar-refractivity contribution is -0.114. The van der Waals surface area contributed by atoms with Crippen molar-refractivity contribution in [3.05, 3.63) is 53.9 Å². The van der Waals surface area contributed by atoms with E-state index in [0.29, 0.717) is 11.4 Å². The molecule has 102 valence electrons. The van der Waals surface area contributed by atoms with Crippen LogP contribution in [0.3, 0.4) is 0 Å². The predicted molar refractivity (Wildman–Crippen MR) is 74.7 cm³/mol. The molecule has 0 atom stereocenters. The van der Waals surface area contributed by atoms with Crippen molar-refractivity contribution in [1.82, 2.24) is 4.98 Å². The number of aryl methyl sites for hydroxylation is 1. The minimum absolute atomic E-state index is 0.154. The summed E-state index contributed by atoms with van der Waals surface area (Å²) in [4.78, 5) is 26.9. The van der Waals surface area contributed by atoms with Crippen LogP contribution in [0.5, 0.6) is 5.75 Å². The lowest BCUT2D eigenvalue weighted by atomic mass is 10.3. The highest BCUT2D eigenvalue weighted by molar-refractivity contribution is 5.90. The van der Waals surface area contributed by atoms with Crippen molar-refractivity contribution in [3.63, 3.8) is 0 Å². The van der Waals surface area contributed by atoms with Crippen LogP contribution in [0.25, 0.3) is 0 Å². The minimum atomic E-state index is -0.513. The Bertz CT molecular complexity index is 636. The monoisotopic (exact) mass is 270 g/mol. The zero-order chi connectivity index (χ0) is 14.5. The van der Waals surface area contributed by atoms with Crippen LogP contribution in [0.4, 0.5) is 5.69 Å². The summed E-state index contributed by atoms with van der Waals surface area (Å²) in [5.74, 6) is -0.271. The average molecular weight is 270 g/mol. The molecule has 0 aliphatic heterocycles. The quantitative estimate of drug-likeness (QED) is 0.687. The SMILES string of the molecule is CC(=O)Nc1ccc(OC(=O)c2cccc(C)n2)cc1. The largest absolute Gasteiger partial charge is 0.422 e. The number of rotatable bonds is 3. The second-order valence-electron chi connectivity index (χ2n) is 4.26. The summed E-state index contributed by atoms with van der Waals surface area (Å²) in [5.41, 5.74) is 1.65. The van der Waals surface area contributed by atoms with Gasteiger partial charge in [0.05, 0.1) is 0 Å². The predicted octanol–water partition coefficient (Wildman–Crippen LogP) is 2.57. The number of aromatic nitrogens is 1. The van der Waals surface area contributed by atoms with Crippen LogP contribution in [-0.2, 0) is 4.79 Å². The van der Waals surface area contributed by atoms with Crippen molar-refractivity contribution in [3.8, 4) is 5.75 Å². The van der Waals surface area contributed by atoms with Gasteiger partial charge in [0, 0.05) is 18.3 Å². The van der Waals surface area contributed by atoms with E-state index >= 15 is 0 Å². The third-order valence-electron chi connectivity index (χ3n) is 2.48. The molecule has 0 radical (unpaired) electrons. The first-order valence-electron chi connectivity index (χ1n) is 6.08. The summed E-state index contributed by atoms with van der Waals surface area (Å²) < 4.78 is 5.20. The minimum Gasteiger partial charge on any atom is -0.422 e. The maximum absolute atomic E-state index is 11.9. The Labute approximate surface area is 116 Å². The van der Waals surface area contributed by atoms with Gasteiger partial charge in [-0.2, -0.15) is 0 Å². The van der Waals surface area contributed by atoms with Crippen molar-refractivity contribution in [2.75, 3.05) is 5.32 Å². The standard InChI is InChI=1S/C15H14N2O3/c1-10-4-3-5-14(16-10)15(19)20-13-8-6-12(7-9-13)17-11(2)18/h3-9H,1-2H3,(H,17,18). The molecule has 1 amide bonds. The van der Waals surface area contributed by atoms with E-state index < -0.39 is 5.97 Å². The number of pyridine rings is 1. The second-order valence-corrected chi connectivity index (χ2v) is 4.26. The highest BCUT2D eigenvalue weighted by Gasteiger charge is 2.10. The number of hydrogen-bond acceptors (Lipinski definition) is 4. The van der Waals surface area contributed by atoms with Gasteiger partial charge in [-0.1, -0.05) is 6.07 Å². The van der Waals surface area contributed by atoms with E-state index in [-0.39, 0.29) is 11.6 Å². The molecular formula is C15H14N2O3. The molecule has 0 saturated heterocycles. The Morgan fingerprint density at radius 3 is 2.40 bits per heavy atom. The van der Waals surface area contributed by atoms with Crippen molar-refractivity contribution >= 4 is 17.6 Å². The Morgan fingerprint density at radius 2 is 1.80 bits per heavy atom. The molecule has 5 nitrogen and oxygen atoms in total. The van der Waals surface area contributed by atoms with E-state index in [1.165, 1.54) is 6.92 Å². The number of carbonyl (C=O) groups excluding carboxylic acids is 2. The number of ether oxygens (including phenoxy) is 1. The summed E-state index contributed by atoms with van der Waals surface area (Å²) in [6.07, 6.45) is 0. The summed E-state index contributed by atoms with van der Waals surface area (Å²) in [6, 6.07) is 11.7. The first-order chi connectivity index (χ1) is 9.54. The second kappa shape index (κ2) is 5.97. The van der Waals surface area contributed by atoms with E-state index in [1.54, 1.807) is 49.4 Å². The number of anilines is 1. The van der Waals surface area contributed by atoms with E-state index in [9.17, 15) is 9.59 Å². The fraction of sp³-hybridized carbons (Fsp3) is 0.133. The molecule has 1 heterocycles.